The molecule has 2 heteroatoms. The van der Waals surface area contributed by atoms with E-state index >= 15 is 0 Å². The fourth-order valence-corrected chi connectivity index (χ4v) is 5.90. The van der Waals surface area contributed by atoms with Gasteiger partial charge in [0.25, 0.3) is 0 Å². The standard InChI is InChI=1S/C27H31BO/c1-6-27(4)18(3)10-8-12-21-22(27)14-16-24-26(21)25-20-11-7-9-17(2)19(20)13-15-23(25)28(5)29-24/h7,9,11,13-16,18H,6,8,10,12H2,1-5H3. The van der Waals surface area contributed by atoms with Crippen LogP contribution in [-0.2, 0) is 11.8 Å². The summed E-state index contributed by atoms with van der Waals surface area (Å²) in [7, 11) is 0. The lowest BCUT2D eigenvalue weighted by Gasteiger charge is -2.37. The van der Waals surface area contributed by atoms with Gasteiger partial charge in [0, 0.05) is 5.56 Å². The SMILES string of the molecule is CCC1(C)c2ccc3c(c2CCCC1C)-c1c(ccc2c(C)cccc12)B(C)O3. The first-order valence-corrected chi connectivity index (χ1v) is 11.3. The van der Waals surface area contributed by atoms with E-state index in [-0.39, 0.29) is 12.3 Å². The average Bonchev–Trinajstić information content (AvgIpc) is 2.85. The summed E-state index contributed by atoms with van der Waals surface area (Å²) in [6.45, 7) is 11.8. The second kappa shape index (κ2) is 6.66. The van der Waals surface area contributed by atoms with Crippen molar-refractivity contribution in [3.05, 3.63) is 59.2 Å². The van der Waals surface area contributed by atoms with Crippen molar-refractivity contribution in [1.82, 2.24) is 0 Å². The monoisotopic (exact) mass is 382 g/mol. The van der Waals surface area contributed by atoms with E-state index in [4.69, 9.17) is 4.65 Å². The Hall–Kier alpha value is -2.22. The van der Waals surface area contributed by atoms with E-state index in [1.165, 1.54) is 52.2 Å². The molecule has 29 heavy (non-hydrogen) atoms. The molecular weight excluding hydrogens is 351 g/mol. The van der Waals surface area contributed by atoms with Crippen LogP contribution in [0.15, 0.2) is 42.5 Å². The van der Waals surface area contributed by atoms with Crippen molar-refractivity contribution in [1.29, 1.82) is 0 Å². The molecular formula is C27H31BO. The molecule has 2 unspecified atom stereocenters. The Balaban J connectivity index is 1.89. The van der Waals surface area contributed by atoms with Crippen molar-refractivity contribution in [3.63, 3.8) is 0 Å². The summed E-state index contributed by atoms with van der Waals surface area (Å²) in [6, 6.07) is 16.0. The Morgan fingerprint density at radius 2 is 1.90 bits per heavy atom. The molecule has 2 aliphatic rings. The van der Waals surface area contributed by atoms with Crippen molar-refractivity contribution in [2.24, 2.45) is 5.92 Å². The Morgan fingerprint density at radius 3 is 2.69 bits per heavy atom. The predicted molar refractivity (Wildman–Crippen MR) is 126 cm³/mol. The first kappa shape index (κ1) is 18.8. The molecule has 5 rings (SSSR count). The van der Waals surface area contributed by atoms with Crippen LogP contribution in [0.1, 0.15) is 56.7 Å². The minimum Gasteiger partial charge on any atom is -0.555 e. The summed E-state index contributed by atoms with van der Waals surface area (Å²) in [6.07, 6.45) is 4.89. The maximum Gasteiger partial charge on any atom is 0.389 e. The van der Waals surface area contributed by atoms with Gasteiger partial charge in [-0.15, -0.1) is 0 Å². The van der Waals surface area contributed by atoms with Crippen LogP contribution in [-0.4, -0.2) is 6.92 Å². The van der Waals surface area contributed by atoms with Gasteiger partial charge in [0.2, 0.25) is 0 Å². The third-order valence-corrected chi connectivity index (χ3v) is 8.08. The summed E-state index contributed by atoms with van der Waals surface area (Å²) in [4.78, 5) is 0. The summed E-state index contributed by atoms with van der Waals surface area (Å²) in [5.41, 5.74) is 8.80. The third kappa shape index (κ3) is 2.61. The van der Waals surface area contributed by atoms with E-state index < -0.39 is 0 Å². The molecule has 0 radical (unpaired) electrons. The van der Waals surface area contributed by atoms with Crippen molar-refractivity contribution >= 4 is 23.2 Å². The molecule has 0 amide bonds. The van der Waals surface area contributed by atoms with Crippen LogP contribution in [0.3, 0.4) is 0 Å². The van der Waals surface area contributed by atoms with Gasteiger partial charge in [-0.3, -0.25) is 0 Å². The Morgan fingerprint density at radius 1 is 1.07 bits per heavy atom. The summed E-state index contributed by atoms with van der Waals surface area (Å²) >= 11 is 0. The molecule has 2 atom stereocenters. The van der Waals surface area contributed by atoms with Gasteiger partial charge in [0.15, 0.2) is 0 Å². The van der Waals surface area contributed by atoms with Crippen molar-refractivity contribution in [3.8, 4) is 16.9 Å². The topological polar surface area (TPSA) is 9.23 Å². The van der Waals surface area contributed by atoms with Gasteiger partial charge in [-0.25, -0.2) is 0 Å². The number of rotatable bonds is 1. The van der Waals surface area contributed by atoms with Crippen LogP contribution >= 0.6 is 0 Å². The summed E-state index contributed by atoms with van der Waals surface area (Å²) < 4.78 is 6.47. The number of hydrogen-bond donors (Lipinski definition) is 0. The molecule has 0 aromatic heterocycles. The fraction of sp³-hybridized carbons (Fsp3) is 0.407. The molecule has 0 N–H and O–H groups in total. The minimum absolute atomic E-state index is 0.0859. The molecule has 0 bridgehead atoms. The Bertz CT molecular complexity index is 1120. The van der Waals surface area contributed by atoms with Crippen molar-refractivity contribution < 1.29 is 4.65 Å². The lowest BCUT2D eigenvalue weighted by Crippen LogP contribution is -2.38. The van der Waals surface area contributed by atoms with Crippen LogP contribution in [0, 0.1) is 12.8 Å². The van der Waals surface area contributed by atoms with Gasteiger partial charge in [-0.1, -0.05) is 57.2 Å². The van der Waals surface area contributed by atoms with Crippen LogP contribution < -0.4 is 10.1 Å². The van der Waals surface area contributed by atoms with Crippen molar-refractivity contribution in [2.75, 3.05) is 0 Å². The molecule has 0 saturated carbocycles. The molecule has 0 fully saturated rings. The number of fused-ring (bicyclic) bond motifs is 7. The van der Waals surface area contributed by atoms with Gasteiger partial charge < -0.3 is 4.65 Å². The first-order chi connectivity index (χ1) is 14.0. The lowest BCUT2D eigenvalue weighted by atomic mass is 9.58. The van der Waals surface area contributed by atoms with E-state index in [1.54, 1.807) is 11.1 Å². The fourth-order valence-electron chi connectivity index (χ4n) is 5.90. The molecule has 1 aliphatic carbocycles. The highest BCUT2D eigenvalue weighted by molar-refractivity contribution is 6.69. The largest absolute Gasteiger partial charge is 0.555 e. The second-order valence-electron chi connectivity index (χ2n) is 9.49. The van der Waals surface area contributed by atoms with Gasteiger partial charge in [0.1, 0.15) is 5.75 Å². The smallest absolute Gasteiger partial charge is 0.389 e. The molecule has 1 heterocycles. The zero-order chi connectivity index (χ0) is 20.3. The van der Waals surface area contributed by atoms with Crippen LogP contribution in [0.25, 0.3) is 21.9 Å². The number of hydrogen-bond acceptors (Lipinski definition) is 1. The first-order valence-electron chi connectivity index (χ1n) is 11.3. The third-order valence-electron chi connectivity index (χ3n) is 8.08. The van der Waals surface area contributed by atoms with E-state index in [0.29, 0.717) is 5.92 Å². The van der Waals surface area contributed by atoms with Crippen LogP contribution in [0.2, 0.25) is 6.82 Å². The van der Waals surface area contributed by atoms with Gasteiger partial charge in [0.05, 0.1) is 0 Å². The van der Waals surface area contributed by atoms with Crippen LogP contribution in [0.4, 0.5) is 0 Å². The van der Waals surface area contributed by atoms with Gasteiger partial charge >= 0.3 is 6.92 Å². The zero-order valence-corrected chi connectivity index (χ0v) is 18.4. The molecule has 148 valence electrons. The van der Waals surface area contributed by atoms with Gasteiger partial charge in [-0.05, 0) is 95.3 Å². The highest BCUT2D eigenvalue weighted by atomic mass is 16.4. The highest BCUT2D eigenvalue weighted by Gasteiger charge is 2.38. The lowest BCUT2D eigenvalue weighted by molar-refractivity contribution is 0.291. The summed E-state index contributed by atoms with van der Waals surface area (Å²) in [5, 5.41) is 2.74. The van der Waals surface area contributed by atoms with E-state index in [1.807, 2.05) is 0 Å². The van der Waals surface area contributed by atoms with E-state index in [9.17, 15) is 0 Å². The van der Waals surface area contributed by atoms with Gasteiger partial charge in [-0.2, -0.15) is 0 Å². The molecule has 0 saturated heterocycles. The Kier molecular flexibility index (Phi) is 4.31. The Labute approximate surface area is 175 Å². The maximum absolute atomic E-state index is 6.47. The second-order valence-corrected chi connectivity index (χ2v) is 9.49. The molecule has 3 aromatic carbocycles. The predicted octanol–water partition coefficient (Wildman–Crippen LogP) is 6.68. The zero-order valence-electron chi connectivity index (χ0n) is 18.4. The normalized spacial score (nSPS) is 23.1. The quantitative estimate of drug-likeness (QED) is 0.337. The van der Waals surface area contributed by atoms with Crippen molar-refractivity contribution in [2.45, 2.75) is 65.6 Å². The molecule has 0 spiro atoms. The maximum atomic E-state index is 6.47. The average molecular weight is 382 g/mol. The van der Waals surface area contributed by atoms with E-state index in [0.717, 1.165) is 12.2 Å². The molecule has 1 aliphatic heterocycles. The number of aryl methyl sites for hydroxylation is 1. The molecule has 3 aromatic rings. The summed E-state index contributed by atoms with van der Waals surface area (Å²) in [5.74, 6) is 1.77. The van der Waals surface area contributed by atoms with Crippen LogP contribution in [0.5, 0.6) is 5.75 Å². The van der Waals surface area contributed by atoms with E-state index in [2.05, 4.69) is 77.0 Å². The molecule has 1 nitrogen and oxygen atoms in total. The highest BCUT2D eigenvalue weighted by Crippen LogP contribution is 2.49. The number of benzene rings is 3. The minimum atomic E-state index is 0.0859.